The minimum atomic E-state index is -0.595. The number of furan rings is 1. The van der Waals surface area contributed by atoms with Crippen molar-refractivity contribution >= 4 is 5.91 Å². The average Bonchev–Trinajstić information content (AvgIpc) is 2.98. The van der Waals surface area contributed by atoms with Gasteiger partial charge < -0.3 is 19.6 Å². The molecule has 1 amide bonds. The molecule has 2 aromatic heterocycles. The third-order valence-corrected chi connectivity index (χ3v) is 2.72. The summed E-state index contributed by atoms with van der Waals surface area (Å²) in [6.45, 7) is 3.53. The van der Waals surface area contributed by atoms with E-state index in [1.54, 1.807) is 24.4 Å². The van der Waals surface area contributed by atoms with E-state index in [4.69, 9.17) is 9.15 Å². The maximum Gasteiger partial charge on any atom is 0.253 e. The van der Waals surface area contributed by atoms with Crippen molar-refractivity contribution in [1.29, 1.82) is 0 Å². The Morgan fingerprint density at radius 1 is 1.48 bits per heavy atom. The normalized spacial score (nSPS) is 12.2. The molecule has 2 rings (SSSR count). The number of nitrogens with one attached hydrogen (secondary N) is 1. The smallest absolute Gasteiger partial charge is 0.253 e. The van der Waals surface area contributed by atoms with Gasteiger partial charge in [0.15, 0.2) is 0 Å². The van der Waals surface area contributed by atoms with Crippen LogP contribution in [0.5, 0.6) is 5.75 Å². The van der Waals surface area contributed by atoms with E-state index in [2.05, 4.69) is 10.3 Å². The number of carbonyl (C=O) groups is 1. The highest BCUT2D eigenvalue weighted by Crippen LogP contribution is 2.16. The number of aliphatic hydroxyl groups excluding tert-OH is 1. The summed E-state index contributed by atoms with van der Waals surface area (Å²) in [5, 5.41) is 12.0. The predicted octanol–water partition coefficient (Wildman–Crippen LogP) is 1.93. The number of amides is 1. The summed E-state index contributed by atoms with van der Waals surface area (Å²) in [6.07, 6.45) is 4.48. The van der Waals surface area contributed by atoms with Crippen LogP contribution < -0.4 is 10.1 Å². The van der Waals surface area contributed by atoms with Crippen LogP contribution in [0.2, 0.25) is 0 Å². The summed E-state index contributed by atoms with van der Waals surface area (Å²) in [4.78, 5) is 16.2. The quantitative estimate of drug-likeness (QED) is 0.849. The van der Waals surface area contributed by atoms with Crippen molar-refractivity contribution in [2.75, 3.05) is 6.61 Å². The summed E-state index contributed by atoms with van der Waals surface area (Å²) in [5.41, 5.74) is 0.359. The van der Waals surface area contributed by atoms with Crippen molar-refractivity contribution < 1.29 is 19.1 Å². The van der Waals surface area contributed by atoms with E-state index in [-0.39, 0.29) is 18.6 Å². The third kappa shape index (κ3) is 4.06. The highest BCUT2D eigenvalue weighted by Gasteiger charge is 2.17. The van der Waals surface area contributed by atoms with Crippen molar-refractivity contribution in [2.24, 2.45) is 0 Å². The molecular formula is C15H18N2O4. The van der Waals surface area contributed by atoms with Gasteiger partial charge in [-0.1, -0.05) is 0 Å². The summed E-state index contributed by atoms with van der Waals surface area (Å²) in [5.74, 6) is 0.664. The van der Waals surface area contributed by atoms with Crippen LogP contribution in [0.1, 0.15) is 36.0 Å². The van der Waals surface area contributed by atoms with E-state index in [9.17, 15) is 9.90 Å². The molecule has 2 aromatic rings. The summed E-state index contributed by atoms with van der Waals surface area (Å²) in [7, 11) is 0. The summed E-state index contributed by atoms with van der Waals surface area (Å²) in [6, 6.07) is 4.40. The molecule has 6 nitrogen and oxygen atoms in total. The molecule has 0 aromatic carbocycles. The zero-order chi connectivity index (χ0) is 15.2. The fourth-order valence-electron chi connectivity index (χ4n) is 1.82. The summed E-state index contributed by atoms with van der Waals surface area (Å²) >= 11 is 0. The Morgan fingerprint density at radius 2 is 2.29 bits per heavy atom. The topological polar surface area (TPSA) is 84.6 Å². The van der Waals surface area contributed by atoms with Crippen LogP contribution in [-0.2, 0) is 0 Å². The number of nitrogens with zero attached hydrogens (tertiary/aromatic N) is 1. The molecule has 0 radical (unpaired) electrons. The highest BCUT2D eigenvalue weighted by molar-refractivity contribution is 5.94. The van der Waals surface area contributed by atoms with Crippen LogP contribution in [0, 0.1) is 0 Å². The first-order valence-electron chi connectivity index (χ1n) is 6.67. The first-order valence-corrected chi connectivity index (χ1v) is 6.67. The van der Waals surface area contributed by atoms with Gasteiger partial charge in [-0.3, -0.25) is 9.78 Å². The number of carbonyl (C=O) groups excluding carboxylic acids is 1. The molecule has 2 heterocycles. The Bertz CT molecular complexity index is 581. The van der Waals surface area contributed by atoms with Crippen molar-refractivity contribution in [1.82, 2.24) is 10.3 Å². The van der Waals surface area contributed by atoms with Gasteiger partial charge in [-0.15, -0.1) is 0 Å². The van der Waals surface area contributed by atoms with Crippen LogP contribution in [0.15, 0.2) is 41.3 Å². The molecule has 0 saturated carbocycles. The second-order valence-corrected chi connectivity index (χ2v) is 4.80. The molecule has 0 aliphatic carbocycles. The molecule has 0 aliphatic heterocycles. The molecule has 1 atom stereocenters. The minimum absolute atomic E-state index is 0.00146. The largest absolute Gasteiger partial charge is 0.489 e. The number of pyridine rings is 1. The Balaban J connectivity index is 2.09. The zero-order valence-electron chi connectivity index (χ0n) is 11.9. The lowest BCUT2D eigenvalue weighted by Crippen LogP contribution is -2.30. The Kier molecular flexibility index (Phi) is 4.94. The molecule has 6 heteroatoms. The van der Waals surface area contributed by atoms with Crippen LogP contribution >= 0.6 is 0 Å². The van der Waals surface area contributed by atoms with Crippen LogP contribution in [0.25, 0.3) is 0 Å². The number of aromatic nitrogens is 1. The van der Waals surface area contributed by atoms with E-state index < -0.39 is 6.04 Å². The average molecular weight is 290 g/mol. The van der Waals surface area contributed by atoms with Gasteiger partial charge >= 0.3 is 0 Å². The number of rotatable bonds is 6. The van der Waals surface area contributed by atoms with Crippen molar-refractivity contribution in [3.8, 4) is 5.75 Å². The van der Waals surface area contributed by atoms with Gasteiger partial charge in [-0.2, -0.15) is 0 Å². The fourth-order valence-corrected chi connectivity index (χ4v) is 1.82. The lowest BCUT2D eigenvalue weighted by molar-refractivity contribution is 0.0906. The van der Waals surface area contributed by atoms with Crippen molar-refractivity contribution in [3.63, 3.8) is 0 Å². The van der Waals surface area contributed by atoms with Crippen LogP contribution in [0.4, 0.5) is 0 Å². The van der Waals surface area contributed by atoms with Gasteiger partial charge in [0.2, 0.25) is 0 Å². The second-order valence-electron chi connectivity index (χ2n) is 4.80. The van der Waals surface area contributed by atoms with Gasteiger partial charge in [-0.25, -0.2) is 0 Å². The van der Waals surface area contributed by atoms with Gasteiger partial charge in [0, 0.05) is 6.20 Å². The molecule has 21 heavy (non-hydrogen) atoms. The van der Waals surface area contributed by atoms with Crippen molar-refractivity contribution in [3.05, 3.63) is 48.2 Å². The maximum atomic E-state index is 12.2. The molecule has 0 bridgehead atoms. The number of ether oxygens (including phenoxy) is 1. The number of hydrogen-bond donors (Lipinski definition) is 2. The second kappa shape index (κ2) is 6.90. The molecular weight excluding hydrogens is 272 g/mol. The van der Waals surface area contributed by atoms with Crippen LogP contribution in [0.3, 0.4) is 0 Å². The van der Waals surface area contributed by atoms with Crippen molar-refractivity contribution in [2.45, 2.75) is 26.0 Å². The number of aliphatic hydroxyl groups is 1. The van der Waals surface area contributed by atoms with E-state index in [0.717, 1.165) is 0 Å². The molecule has 0 fully saturated rings. The standard InChI is InChI=1S/C15H18N2O4/c1-10(2)21-12-6-11(7-16-8-12)15(19)17-13(9-18)14-4-3-5-20-14/h3-8,10,13,18H,9H2,1-2H3,(H,17,19). The summed E-state index contributed by atoms with van der Waals surface area (Å²) < 4.78 is 10.7. The first kappa shape index (κ1) is 15.1. The lowest BCUT2D eigenvalue weighted by atomic mass is 10.2. The minimum Gasteiger partial charge on any atom is -0.489 e. The monoisotopic (exact) mass is 290 g/mol. The Labute approximate surface area is 122 Å². The maximum absolute atomic E-state index is 12.2. The van der Waals surface area contributed by atoms with Gasteiger partial charge in [0.25, 0.3) is 5.91 Å². The van der Waals surface area contributed by atoms with E-state index in [0.29, 0.717) is 17.1 Å². The van der Waals surface area contributed by atoms with E-state index >= 15 is 0 Å². The SMILES string of the molecule is CC(C)Oc1cncc(C(=O)NC(CO)c2ccco2)c1. The molecule has 112 valence electrons. The Morgan fingerprint density at radius 3 is 2.90 bits per heavy atom. The van der Waals surface area contributed by atoms with Gasteiger partial charge in [-0.05, 0) is 32.0 Å². The lowest BCUT2D eigenvalue weighted by Gasteiger charge is -2.14. The Hall–Kier alpha value is -2.34. The van der Waals surface area contributed by atoms with Gasteiger partial charge in [0.05, 0.1) is 30.7 Å². The van der Waals surface area contributed by atoms with E-state index in [1.165, 1.54) is 12.5 Å². The molecule has 1 unspecified atom stereocenters. The van der Waals surface area contributed by atoms with Gasteiger partial charge in [0.1, 0.15) is 17.6 Å². The predicted molar refractivity (Wildman–Crippen MR) is 76.0 cm³/mol. The number of hydrogen-bond acceptors (Lipinski definition) is 5. The molecule has 2 N–H and O–H groups in total. The molecule has 0 aliphatic rings. The fraction of sp³-hybridized carbons (Fsp3) is 0.333. The first-order chi connectivity index (χ1) is 10.1. The van der Waals surface area contributed by atoms with Crippen LogP contribution in [-0.4, -0.2) is 28.7 Å². The van der Waals surface area contributed by atoms with E-state index in [1.807, 2.05) is 13.8 Å². The zero-order valence-corrected chi connectivity index (χ0v) is 11.9. The molecule has 0 spiro atoms. The molecule has 0 saturated heterocycles. The highest BCUT2D eigenvalue weighted by atomic mass is 16.5. The third-order valence-electron chi connectivity index (χ3n) is 2.72.